The van der Waals surface area contributed by atoms with E-state index in [1.165, 1.54) is 11.8 Å². The Morgan fingerprint density at radius 1 is 1.25 bits per heavy atom. The number of carboxylic acid groups (broad SMARTS) is 1. The molecule has 2 aromatic carbocycles. The van der Waals surface area contributed by atoms with Crippen molar-refractivity contribution in [2.45, 2.75) is 16.9 Å². The molecule has 1 aliphatic heterocycles. The van der Waals surface area contributed by atoms with Crippen LogP contribution in [0.4, 0.5) is 5.69 Å². The van der Waals surface area contributed by atoms with Crippen molar-refractivity contribution in [3.8, 4) is 5.75 Å². The molecule has 0 saturated heterocycles. The van der Waals surface area contributed by atoms with Crippen molar-refractivity contribution in [3.63, 3.8) is 0 Å². The highest BCUT2D eigenvalue weighted by atomic mass is 35.5. The van der Waals surface area contributed by atoms with Gasteiger partial charge >= 0.3 is 5.97 Å². The quantitative estimate of drug-likeness (QED) is 0.817. The molecule has 1 heterocycles. The Hall–Kier alpha value is -2.18. The smallest absolute Gasteiger partial charge is 0.305 e. The first-order valence-corrected chi connectivity index (χ1v) is 8.56. The van der Waals surface area contributed by atoms with Crippen LogP contribution in [0.1, 0.15) is 22.8 Å². The number of rotatable bonds is 3. The minimum absolute atomic E-state index is 0.283. The van der Waals surface area contributed by atoms with Gasteiger partial charge in [-0.15, -0.1) is 11.8 Å². The molecule has 2 atom stereocenters. The molecule has 0 spiro atoms. The van der Waals surface area contributed by atoms with Gasteiger partial charge in [-0.05, 0) is 29.8 Å². The molecule has 7 heteroatoms. The number of fused-ring (bicyclic) bond motifs is 1. The molecule has 1 aliphatic rings. The van der Waals surface area contributed by atoms with Gasteiger partial charge in [-0.1, -0.05) is 23.7 Å². The van der Waals surface area contributed by atoms with E-state index in [4.69, 9.17) is 21.8 Å². The molecule has 1 amide bonds. The predicted molar refractivity (Wildman–Crippen MR) is 95.1 cm³/mol. The molecule has 3 rings (SSSR count). The van der Waals surface area contributed by atoms with E-state index >= 15 is 0 Å². The van der Waals surface area contributed by atoms with E-state index in [0.717, 1.165) is 11.1 Å². The fourth-order valence-electron chi connectivity index (χ4n) is 2.64. The molecule has 2 unspecified atom stereocenters. The molecular weight excluding hydrogens is 350 g/mol. The lowest BCUT2D eigenvalue weighted by atomic mass is 10.0. The SMILES string of the molecule is O=C(O)CC1SC(c2ccccc2[OH2+])c2cc(Cl)ccc2NC1=O. The van der Waals surface area contributed by atoms with E-state index in [0.29, 0.717) is 16.5 Å². The summed E-state index contributed by atoms with van der Waals surface area (Å²) >= 11 is 7.35. The average Bonchev–Trinajstić information content (AvgIpc) is 2.65. The monoisotopic (exact) mass is 364 g/mol. The van der Waals surface area contributed by atoms with Crippen LogP contribution in [0.25, 0.3) is 0 Å². The maximum atomic E-state index is 12.4. The molecule has 5 nitrogen and oxygen atoms in total. The Bertz CT molecular complexity index is 811. The molecule has 124 valence electrons. The maximum Gasteiger partial charge on any atom is 0.305 e. The van der Waals surface area contributed by atoms with Crippen LogP contribution < -0.4 is 5.32 Å². The summed E-state index contributed by atoms with van der Waals surface area (Å²) in [5.74, 6) is -1.05. The summed E-state index contributed by atoms with van der Waals surface area (Å²) in [6, 6.07) is 12.2. The number of aliphatic carboxylic acids is 1. The molecule has 0 radical (unpaired) electrons. The van der Waals surface area contributed by atoms with Gasteiger partial charge < -0.3 is 15.5 Å². The number of nitrogens with one attached hydrogen (secondary N) is 1. The van der Waals surface area contributed by atoms with Gasteiger partial charge in [0.25, 0.3) is 5.75 Å². The second-order valence-corrected chi connectivity index (χ2v) is 7.16. The van der Waals surface area contributed by atoms with Crippen LogP contribution in [0.2, 0.25) is 5.02 Å². The van der Waals surface area contributed by atoms with Crippen molar-refractivity contribution in [3.05, 3.63) is 58.6 Å². The minimum Gasteiger partial charge on any atom is -0.593 e. The lowest BCUT2D eigenvalue weighted by Crippen LogP contribution is -2.26. The molecule has 0 aliphatic carbocycles. The molecule has 24 heavy (non-hydrogen) atoms. The van der Waals surface area contributed by atoms with Crippen molar-refractivity contribution in [2.75, 3.05) is 5.32 Å². The van der Waals surface area contributed by atoms with Crippen molar-refractivity contribution < 1.29 is 19.8 Å². The molecule has 2 aromatic rings. The number of hydrogen-bond acceptors (Lipinski definition) is 3. The molecular formula is C17H15ClNO4S+. The molecule has 0 aromatic heterocycles. The minimum atomic E-state index is -1.04. The van der Waals surface area contributed by atoms with Gasteiger partial charge in [0.2, 0.25) is 5.91 Å². The third-order valence-electron chi connectivity index (χ3n) is 3.75. The molecule has 0 saturated carbocycles. The Labute approximate surface area is 147 Å². The Morgan fingerprint density at radius 2 is 2.00 bits per heavy atom. The normalized spacial score (nSPS) is 20.0. The summed E-state index contributed by atoms with van der Waals surface area (Å²) in [6.45, 7) is 0. The van der Waals surface area contributed by atoms with Crippen LogP contribution in [-0.2, 0) is 9.59 Å². The first kappa shape index (κ1) is 16.7. The number of hydrogen-bond donors (Lipinski definition) is 2. The number of carbonyl (C=O) groups excluding carboxylic acids is 1. The lowest BCUT2D eigenvalue weighted by Gasteiger charge is -2.19. The van der Waals surface area contributed by atoms with Gasteiger partial charge in [0.05, 0.1) is 22.5 Å². The number of thioether (sulfide) groups is 1. The third kappa shape index (κ3) is 3.34. The summed E-state index contributed by atoms with van der Waals surface area (Å²) in [6.07, 6.45) is -0.283. The van der Waals surface area contributed by atoms with Crippen LogP contribution >= 0.6 is 23.4 Å². The Morgan fingerprint density at radius 3 is 2.71 bits per heavy atom. The van der Waals surface area contributed by atoms with Gasteiger partial charge in [0, 0.05) is 16.8 Å². The number of amides is 1. The van der Waals surface area contributed by atoms with E-state index < -0.39 is 11.2 Å². The fraction of sp³-hybridized carbons (Fsp3) is 0.176. The van der Waals surface area contributed by atoms with Crippen LogP contribution in [0.5, 0.6) is 5.75 Å². The summed E-state index contributed by atoms with van der Waals surface area (Å²) in [5, 5.41) is 19.5. The summed E-state index contributed by atoms with van der Waals surface area (Å²) in [4.78, 5) is 23.5. The van der Waals surface area contributed by atoms with Crippen molar-refractivity contribution >= 4 is 40.9 Å². The van der Waals surface area contributed by atoms with Crippen LogP contribution in [0.15, 0.2) is 42.5 Å². The number of halogens is 1. The first-order valence-electron chi connectivity index (χ1n) is 7.24. The summed E-state index contributed by atoms with van der Waals surface area (Å²) in [5.41, 5.74) is 2.09. The van der Waals surface area contributed by atoms with Crippen molar-refractivity contribution in [2.24, 2.45) is 0 Å². The molecule has 0 fully saturated rings. The van der Waals surface area contributed by atoms with E-state index in [9.17, 15) is 9.59 Å². The van der Waals surface area contributed by atoms with Gasteiger partial charge in [-0.3, -0.25) is 9.59 Å². The highest BCUT2D eigenvalue weighted by Gasteiger charge is 2.34. The summed E-state index contributed by atoms with van der Waals surface area (Å²) in [7, 11) is 0. The number of benzene rings is 2. The number of carbonyl (C=O) groups is 2. The number of carboxylic acids is 1. The largest absolute Gasteiger partial charge is 0.593 e. The number of para-hydroxylation sites is 1. The van der Waals surface area contributed by atoms with Gasteiger partial charge in [0.15, 0.2) is 0 Å². The zero-order valence-electron chi connectivity index (χ0n) is 12.5. The maximum absolute atomic E-state index is 12.4. The first-order chi connectivity index (χ1) is 11.5. The topological polar surface area (TPSA) is 89.3 Å². The second kappa shape index (κ2) is 6.75. The standard InChI is InChI=1S/C17H14ClNO4S/c18-9-5-6-12-11(7-9)16(10-3-1-2-4-13(10)20)24-14(8-15(21)22)17(23)19-12/h1-7,14,16,20H,8H2,(H,19,23)(H,21,22)/p+1. The second-order valence-electron chi connectivity index (χ2n) is 5.41. The highest BCUT2D eigenvalue weighted by molar-refractivity contribution is 8.01. The van der Waals surface area contributed by atoms with E-state index in [1.807, 2.05) is 12.1 Å². The average molecular weight is 365 g/mol. The van der Waals surface area contributed by atoms with E-state index in [2.05, 4.69) is 5.32 Å². The van der Waals surface area contributed by atoms with Crippen LogP contribution in [0.3, 0.4) is 0 Å². The zero-order valence-corrected chi connectivity index (χ0v) is 14.0. The molecule has 4 N–H and O–H groups in total. The predicted octanol–water partition coefficient (Wildman–Crippen LogP) is 3.40. The third-order valence-corrected chi connectivity index (χ3v) is 5.47. The fourth-order valence-corrected chi connectivity index (χ4v) is 4.27. The van der Waals surface area contributed by atoms with Gasteiger partial charge in [-0.2, -0.15) is 0 Å². The van der Waals surface area contributed by atoms with Crippen LogP contribution in [0, 0.1) is 0 Å². The Kier molecular flexibility index (Phi) is 4.69. The lowest BCUT2D eigenvalue weighted by molar-refractivity contribution is -0.138. The number of anilines is 1. The molecule has 0 bridgehead atoms. The van der Waals surface area contributed by atoms with Crippen LogP contribution in [-0.4, -0.2) is 27.3 Å². The van der Waals surface area contributed by atoms with Crippen molar-refractivity contribution in [1.82, 2.24) is 0 Å². The van der Waals surface area contributed by atoms with Gasteiger partial charge in [0.1, 0.15) is 0 Å². The zero-order chi connectivity index (χ0) is 17.3. The van der Waals surface area contributed by atoms with Gasteiger partial charge in [-0.25, -0.2) is 0 Å². The van der Waals surface area contributed by atoms with Crippen molar-refractivity contribution in [1.29, 1.82) is 0 Å². The highest BCUT2D eigenvalue weighted by Crippen LogP contribution is 2.47. The summed E-state index contributed by atoms with van der Waals surface area (Å²) < 4.78 is 0. The van der Waals surface area contributed by atoms with E-state index in [-0.39, 0.29) is 17.6 Å². The Balaban J connectivity index is 2.12. The van der Waals surface area contributed by atoms with E-state index in [1.54, 1.807) is 30.3 Å².